The molecule has 20 heavy (non-hydrogen) atoms. The molecular formula is C17H27N3. The van der Waals surface area contributed by atoms with Crippen LogP contribution in [0.2, 0.25) is 0 Å². The molecule has 1 aliphatic heterocycles. The Morgan fingerprint density at radius 3 is 2.85 bits per heavy atom. The van der Waals surface area contributed by atoms with E-state index in [1.54, 1.807) is 0 Å². The van der Waals surface area contributed by atoms with Crippen LogP contribution in [0.3, 0.4) is 0 Å². The number of rotatable bonds is 5. The molecule has 1 aromatic heterocycles. The van der Waals surface area contributed by atoms with E-state index in [9.17, 15) is 0 Å². The lowest BCUT2D eigenvalue weighted by Crippen LogP contribution is -2.59. The van der Waals surface area contributed by atoms with Crippen LogP contribution in [0.25, 0.3) is 0 Å². The summed E-state index contributed by atoms with van der Waals surface area (Å²) < 4.78 is 0. The Morgan fingerprint density at radius 2 is 2.20 bits per heavy atom. The zero-order chi connectivity index (χ0) is 13.9. The molecule has 1 saturated carbocycles. The number of piperazine rings is 1. The monoisotopic (exact) mass is 273 g/mol. The van der Waals surface area contributed by atoms with Crippen LogP contribution >= 0.6 is 0 Å². The van der Waals surface area contributed by atoms with E-state index in [4.69, 9.17) is 0 Å². The Balaban J connectivity index is 1.60. The van der Waals surface area contributed by atoms with Gasteiger partial charge in [-0.1, -0.05) is 19.9 Å². The molecule has 2 aliphatic rings. The summed E-state index contributed by atoms with van der Waals surface area (Å²) in [5, 5.41) is 3.78. The summed E-state index contributed by atoms with van der Waals surface area (Å²) in [4.78, 5) is 7.16. The zero-order valence-electron chi connectivity index (χ0n) is 12.8. The van der Waals surface area contributed by atoms with Crippen molar-refractivity contribution in [3.8, 4) is 0 Å². The molecule has 0 spiro atoms. The van der Waals surface area contributed by atoms with Gasteiger partial charge in [0.25, 0.3) is 0 Å². The zero-order valence-corrected chi connectivity index (χ0v) is 12.8. The average Bonchev–Trinajstić information content (AvgIpc) is 3.30. The van der Waals surface area contributed by atoms with Crippen molar-refractivity contribution in [1.82, 2.24) is 15.2 Å². The first-order valence-electron chi connectivity index (χ1n) is 8.11. The van der Waals surface area contributed by atoms with E-state index in [0.29, 0.717) is 12.0 Å². The van der Waals surface area contributed by atoms with Gasteiger partial charge in [-0.15, -0.1) is 0 Å². The third-order valence-electron chi connectivity index (χ3n) is 4.83. The van der Waals surface area contributed by atoms with E-state index < -0.39 is 0 Å². The molecular weight excluding hydrogens is 246 g/mol. The fourth-order valence-corrected chi connectivity index (χ4v) is 3.39. The maximum Gasteiger partial charge on any atom is 0.0416 e. The molecule has 1 saturated heterocycles. The summed E-state index contributed by atoms with van der Waals surface area (Å²) in [7, 11) is 0. The Hall–Kier alpha value is -0.930. The SMILES string of the molecule is CC(C)C1CNC(C2CC2)CN1CCc1ccccn1. The molecule has 110 valence electrons. The molecule has 2 atom stereocenters. The van der Waals surface area contributed by atoms with E-state index >= 15 is 0 Å². The summed E-state index contributed by atoms with van der Waals surface area (Å²) in [6.07, 6.45) is 5.83. The van der Waals surface area contributed by atoms with Crippen molar-refractivity contribution in [1.29, 1.82) is 0 Å². The molecule has 0 radical (unpaired) electrons. The molecule has 0 bridgehead atoms. The standard InChI is InChI=1S/C17H27N3/c1-13(2)17-11-19-16(14-6-7-14)12-20(17)10-8-15-5-3-4-9-18-15/h3-5,9,13-14,16-17,19H,6-8,10-12H2,1-2H3. The predicted octanol–water partition coefficient (Wildman–Crippen LogP) is 2.33. The molecule has 0 aromatic carbocycles. The van der Waals surface area contributed by atoms with Crippen molar-refractivity contribution < 1.29 is 0 Å². The molecule has 1 N–H and O–H groups in total. The summed E-state index contributed by atoms with van der Waals surface area (Å²) in [6, 6.07) is 7.63. The van der Waals surface area contributed by atoms with Gasteiger partial charge in [-0.3, -0.25) is 9.88 Å². The molecule has 0 amide bonds. The van der Waals surface area contributed by atoms with Crippen LogP contribution in [0.5, 0.6) is 0 Å². The second-order valence-corrected chi connectivity index (χ2v) is 6.73. The first kappa shape index (κ1) is 14.0. The van der Waals surface area contributed by atoms with Gasteiger partial charge in [0.15, 0.2) is 0 Å². The number of hydrogen-bond donors (Lipinski definition) is 1. The van der Waals surface area contributed by atoms with Crippen LogP contribution < -0.4 is 5.32 Å². The molecule has 2 fully saturated rings. The first-order valence-corrected chi connectivity index (χ1v) is 8.11. The van der Waals surface area contributed by atoms with Gasteiger partial charge in [-0.2, -0.15) is 0 Å². The van der Waals surface area contributed by atoms with Crippen LogP contribution in [0.15, 0.2) is 24.4 Å². The number of pyridine rings is 1. The van der Waals surface area contributed by atoms with Gasteiger partial charge in [-0.05, 0) is 36.8 Å². The van der Waals surface area contributed by atoms with Crippen LogP contribution in [0.1, 0.15) is 32.4 Å². The first-order chi connectivity index (χ1) is 9.74. The van der Waals surface area contributed by atoms with Gasteiger partial charge in [0.2, 0.25) is 0 Å². The highest BCUT2D eigenvalue weighted by Gasteiger charge is 2.37. The van der Waals surface area contributed by atoms with Crippen LogP contribution in [-0.4, -0.2) is 41.6 Å². The van der Waals surface area contributed by atoms with Crippen molar-refractivity contribution in [3.05, 3.63) is 30.1 Å². The average molecular weight is 273 g/mol. The maximum atomic E-state index is 4.46. The van der Waals surface area contributed by atoms with Gasteiger partial charge in [0, 0.05) is 50.0 Å². The molecule has 1 aliphatic carbocycles. The Morgan fingerprint density at radius 1 is 1.35 bits per heavy atom. The molecule has 3 heteroatoms. The second-order valence-electron chi connectivity index (χ2n) is 6.73. The minimum atomic E-state index is 0.675. The lowest BCUT2D eigenvalue weighted by molar-refractivity contribution is 0.0933. The molecule has 2 unspecified atom stereocenters. The minimum Gasteiger partial charge on any atom is -0.311 e. The molecule has 3 rings (SSSR count). The van der Waals surface area contributed by atoms with E-state index in [1.807, 2.05) is 12.3 Å². The number of aromatic nitrogens is 1. The number of nitrogens with zero attached hydrogens (tertiary/aromatic N) is 2. The largest absolute Gasteiger partial charge is 0.311 e. The maximum absolute atomic E-state index is 4.46. The van der Waals surface area contributed by atoms with Crippen molar-refractivity contribution in [2.75, 3.05) is 19.6 Å². The fourth-order valence-electron chi connectivity index (χ4n) is 3.39. The van der Waals surface area contributed by atoms with E-state index in [0.717, 1.165) is 31.5 Å². The Kier molecular flexibility index (Phi) is 4.37. The third kappa shape index (κ3) is 3.39. The highest BCUT2D eigenvalue weighted by atomic mass is 15.2. The Bertz CT molecular complexity index is 414. The van der Waals surface area contributed by atoms with Crippen molar-refractivity contribution in [2.45, 2.75) is 45.2 Å². The third-order valence-corrected chi connectivity index (χ3v) is 4.83. The quantitative estimate of drug-likeness (QED) is 0.892. The highest BCUT2D eigenvalue weighted by Crippen LogP contribution is 2.34. The van der Waals surface area contributed by atoms with Gasteiger partial charge >= 0.3 is 0 Å². The molecule has 1 aromatic rings. The van der Waals surface area contributed by atoms with Gasteiger partial charge < -0.3 is 5.32 Å². The summed E-state index contributed by atoms with van der Waals surface area (Å²) in [6.45, 7) is 8.21. The highest BCUT2D eigenvalue weighted by molar-refractivity contribution is 5.04. The fraction of sp³-hybridized carbons (Fsp3) is 0.706. The van der Waals surface area contributed by atoms with Crippen LogP contribution in [0.4, 0.5) is 0 Å². The number of hydrogen-bond acceptors (Lipinski definition) is 3. The summed E-state index contributed by atoms with van der Waals surface area (Å²) in [5.74, 6) is 1.66. The van der Waals surface area contributed by atoms with Crippen LogP contribution in [-0.2, 0) is 6.42 Å². The summed E-state index contributed by atoms with van der Waals surface area (Å²) >= 11 is 0. The topological polar surface area (TPSA) is 28.2 Å². The smallest absolute Gasteiger partial charge is 0.0416 e. The predicted molar refractivity (Wildman–Crippen MR) is 82.7 cm³/mol. The normalized spacial score (nSPS) is 27.9. The van der Waals surface area contributed by atoms with Crippen LogP contribution in [0, 0.1) is 11.8 Å². The molecule has 2 heterocycles. The van der Waals surface area contributed by atoms with Crippen molar-refractivity contribution in [3.63, 3.8) is 0 Å². The lowest BCUT2D eigenvalue weighted by atomic mass is 9.96. The van der Waals surface area contributed by atoms with E-state index in [-0.39, 0.29) is 0 Å². The lowest BCUT2D eigenvalue weighted by Gasteiger charge is -2.42. The van der Waals surface area contributed by atoms with Gasteiger partial charge in [0.05, 0.1) is 0 Å². The van der Waals surface area contributed by atoms with Gasteiger partial charge in [0.1, 0.15) is 0 Å². The minimum absolute atomic E-state index is 0.675. The Labute approximate surface area is 122 Å². The van der Waals surface area contributed by atoms with Crippen molar-refractivity contribution in [2.24, 2.45) is 11.8 Å². The van der Waals surface area contributed by atoms with E-state index in [2.05, 4.69) is 41.2 Å². The molecule has 3 nitrogen and oxygen atoms in total. The van der Waals surface area contributed by atoms with Crippen molar-refractivity contribution >= 4 is 0 Å². The second kappa shape index (κ2) is 6.23. The number of nitrogens with one attached hydrogen (secondary N) is 1. The van der Waals surface area contributed by atoms with Gasteiger partial charge in [-0.25, -0.2) is 0 Å². The van der Waals surface area contributed by atoms with E-state index in [1.165, 1.54) is 25.1 Å². The summed E-state index contributed by atoms with van der Waals surface area (Å²) in [5.41, 5.74) is 1.22.